The first-order valence-electron chi connectivity index (χ1n) is 8.33. The van der Waals surface area contributed by atoms with Crippen molar-refractivity contribution in [2.24, 2.45) is 0 Å². The van der Waals surface area contributed by atoms with Gasteiger partial charge in [-0.25, -0.2) is 0 Å². The molecular weight excluding hydrogens is 332 g/mol. The molecule has 3 rings (SSSR count). The molecule has 3 aromatic rings. The molecule has 6 heteroatoms. The van der Waals surface area contributed by atoms with Crippen LogP contribution in [0.1, 0.15) is 11.1 Å². The molecular formula is C20H22N2O4. The van der Waals surface area contributed by atoms with Crippen LogP contribution < -0.4 is 10.2 Å². The molecule has 0 amide bonds. The summed E-state index contributed by atoms with van der Waals surface area (Å²) in [6, 6.07) is 15.1. The molecule has 1 unspecified atom stereocenters. The summed E-state index contributed by atoms with van der Waals surface area (Å²) in [7, 11) is 3.07. The lowest BCUT2D eigenvalue weighted by atomic mass is 10.1. The van der Waals surface area contributed by atoms with Gasteiger partial charge in [0, 0.05) is 30.1 Å². The number of benzene rings is 2. The van der Waals surface area contributed by atoms with E-state index in [0.29, 0.717) is 13.0 Å². The van der Waals surface area contributed by atoms with Crippen LogP contribution in [-0.2, 0) is 22.6 Å². The lowest BCUT2D eigenvalue weighted by Crippen LogP contribution is -2.37. The second-order valence-corrected chi connectivity index (χ2v) is 6.06. The number of nitrogens with zero attached hydrogens (tertiary/aromatic N) is 1. The number of nitrogens with one attached hydrogen (secondary N) is 1. The number of hydrogen-bond acceptors (Lipinski definition) is 4. The Morgan fingerprint density at radius 1 is 1.15 bits per heavy atom. The third kappa shape index (κ3) is 3.87. The number of methoxy groups -OCH3 is 1. The average molecular weight is 354 g/mol. The van der Waals surface area contributed by atoms with Crippen LogP contribution in [0.2, 0.25) is 0 Å². The summed E-state index contributed by atoms with van der Waals surface area (Å²) in [4.78, 5) is 16.3. The summed E-state index contributed by atoms with van der Waals surface area (Å²) in [5.74, 6) is -0.124. The Morgan fingerprint density at radius 2 is 1.88 bits per heavy atom. The van der Waals surface area contributed by atoms with Gasteiger partial charge in [0.1, 0.15) is 11.8 Å². The predicted molar refractivity (Wildman–Crippen MR) is 99.3 cm³/mol. The van der Waals surface area contributed by atoms with Gasteiger partial charge in [-0.15, -0.1) is 0 Å². The van der Waals surface area contributed by atoms with Crippen molar-refractivity contribution in [2.45, 2.75) is 19.0 Å². The summed E-state index contributed by atoms with van der Waals surface area (Å²) in [6.07, 6.45) is 2.35. The Labute approximate surface area is 151 Å². The van der Waals surface area contributed by atoms with Gasteiger partial charge in [-0.05, 0) is 29.3 Å². The molecule has 1 atom stereocenters. The van der Waals surface area contributed by atoms with Gasteiger partial charge >= 0.3 is 5.97 Å². The second kappa shape index (κ2) is 8.03. The molecule has 0 saturated carbocycles. The highest BCUT2D eigenvalue weighted by atomic mass is 16.6. The fourth-order valence-electron chi connectivity index (χ4n) is 3.09. The van der Waals surface area contributed by atoms with Gasteiger partial charge in [0.15, 0.2) is 0 Å². The Balaban J connectivity index is 1.92. The van der Waals surface area contributed by atoms with E-state index < -0.39 is 12.0 Å². The molecule has 0 aliphatic carbocycles. The first-order chi connectivity index (χ1) is 12.6. The van der Waals surface area contributed by atoms with Crippen LogP contribution in [-0.4, -0.2) is 35.9 Å². The summed E-state index contributed by atoms with van der Waals surface area (Å²) < 4.78 is 7.34. The molecule has 0 bridgehead atoms. The second-order valence-electron chi connectivity index (χ2n) is 6.06. The molecule has 1 aromatic heterocycles. The molecule has 0 aliphatic heterocycles. The monoisotopic (exact) mass is 354 g/mol. The van der Waals surface area contributed by atoms with Crippen molar-refractivity contribution in [3.8, 4) is 5.75 Å². The van der Waals surface area contributed by atoms with Gasteiger partial charge in [0.2, 0.25) is 0 Å². The van der Waals surface area contributed by atoms with Gasteiger partial charge in [-0.1, -0.05) is 30.3 Å². The minimum Gasteiger partial charge on any atom is -0.497 e. The Hall–Kier alpha value is -2.83. The van der Waals surface area contributed by atoms with Crippen LogP contribution in [0.4, 0.5) is 0 Å². The molecule has 0 fully saturated rings. The zero-order chi connectivity index (χ0) is 18.5. The van der Waals surface area contributed by atoms with Crippen molar-refractivity contribution in [1.29, 1.82) is 0 Å². The fraction of sp³-hybridized carbons (Fsp3) is 0.250. The highest BCUT2D eigenvalue weighted by Crippen LogP contribution is 2.24. The van der Waals surface area contributed by atoms with E-state index in [9.17, 15) is 9.90 Å². The first kappa shape index (κ1) is 18.0. The normalized spacial score (nSPS) is 12.2. The number of aromatic nitrogens is 1. The smallest absolute Gasteiger partial charge is 0.323 e. The molecule has 0 saturated heterocycles. The van der Waals surface area contributed by atoms with E-state index in [1.807, 2.05) is 54.7 Å². The third-order valence-electron chi connectivity index (χ3n) is 4.37. The molecule has 0 radical (unpaired) electrons. The van der Waals surface area contributed by atoms with Crippen molar-refractivity contribution in [1.82, 2.24) is 10.0 Å². The zero-order valence-electron chi connectivity index (χ0n) is 14.8. The summed E-state index contributed by atoms with van der Waals surface area (Å²) in [5, 5.41) is 10.4. The number of hydrogen-bond donors (Lipinski definition) is 2. The summed E-state index contributed by atoms with van der Waals surface area (Å²) in [6.45, 7) is 0.694. The van der Waals surface area contributed by atoms with E-state index in [1.54, 1.807) is 7.11 Å². The minimum atomic E-state index is -0.946. The third-order valence-corrected chi connectivity index (χ3v) is 4.37. The maximum absolute atomic E-state index is 11.4. The first-order valence-corrected chi connectivity index (χ1v) is 8.33. The number of hydroxylamine groups is 1. The van der Waals surface area contributed by atoms with Gasteiger partial charge in [0.05, 0.1) is 14.2 Å². The van der Waals surface area contributed by atoms with Crippen molar-refractivity contribution in [3.05, 3.63) is 65.9 Å². The lowest BCUT2D eigenvalue weighted by Gasteiger charge is -2.11. The van der Waals surface area contributed by atoms with Crippen LogP contribution in [0.15, 0.2) is 54.7 Å². The van der Waals surface area contributed by atoms with E-state index in [-0.39, 0.29) is 0 Å². The number of ether oxygens (including phenoxy) is 1. The SMILES string of the molecule is CONC(Cc1cn(Cc2ccc(OC)cc2)c2ccccc12)C(=O)O. The molecule has 0 spiro atoms. The van der Waals surface area contributed by atoms with Gasteiger partial charge < -0.3 is 19.2 Å². The quantitative estimate of drug-likeness (QED) is 0.609. The molecule has 1 heterocycles. The molecule has 26 heavy (non-hydrogen) atoms. The van der Waals surface area contributed by atoms with Crippen LogP contribution in [0.3, 0.4) is 0 Å². The van der Waals surface area contributed by atoms with E-state index in [0.717, 1.165) is 27.8 Å². The average Bonchev–Trinajstić information content (AvgIpc) is 2.99. The maximum atomic E-state index is 11.4. The number of fused-ring (bicyclic) bond motifs is 1. The van der Waals surface area contributed by atoms with E-state index in [4.69, 9.17) is 9.57 Å². The predicted octanol–water partition coefficient (Wildman–Crippen LogP) is 2.84. The van der Waals surface area contributed by atoms with Crippen LogP contribution >= 0.6 is 0 Å². The highest BCUT2D eigenvalue weighted by Gasteiger charge is 2.20. The Morgan fingerprint density at radius 3 is 2.54 bits per heavy atom. The Kier molecular flexibility index (Phi) is 5.55. The van der Waals surface area contributed by atoms with Crippen molar-refractivity contribution in [2.75, 3.05) is 14.2 Å². The number of carboxylic acid groups (broad SMARTS) is 1. The standard InChI is InChI=1S/C20H22N2O4/c1-25-16-9-7-14(8-10-16)12-22-13-15(11-18(20(23)24)21-26-2)17-5-3-4-6-19(17)22/h3-10,13,18,21H,11-12H2,1-2H3,(H,23,24). The van der Waals surface area contributed by atoms with E-state index in [2.05, 4.69) is 10.0 Å². The molecule has 6 nitrogen and oxygen atoms in total. The molecule has 0 aliphatic rings. The lowest BCUT2D eigenvalue weighted by molar-refractivity contribution is -0.143. The van der Waals surface area contributed by atoms with Gasteiger partial charge in [-0.2, -0.15) is 5.48 Å². The number of rotatable bonds is 8. The van der Waals surface area contributed by atoms with E-state index >= 15 is 0 Å². The number of aliphatic carboxylic acids is 1. The summed E-state index contributed by atoms with van der Waals surface area (Å²) >= 11 is 0. The largest absolute Gasteiger partial charge is 0.497 e. The molecule has 2 N–H and O–H groups in total. The molecule has 136 valence electrons. The number of para-hydroxylation sites is 1. The maximum Gasteiger partial charge on any atom is 0.323 e. The summed E-state index contributed by atoms with van der Waals surface area (Å²) in [5.41, 5.74) is 5.72. The zero-order valence-corrected chi connectivity index (χ0v) is 14.8. The van der Waals surface area contributed by atoms with Crippen LogP contribution in [0.5, 0.6) is 5.75 Å². The Bertz CT molecular complexity index is 886. The fourth-order valence-corrected chi connectivity index (χ4v) is 3.09. The van der Waals surface area contributed by atoms with E-state index in [1.165, 1.54) is 7.11 Å². The van der Waals surface area contributed by atoms with Gasteiger partial charge in [0.25, 0.3) is 0 Å². The molecule has 2 aromatic carbocycles. The number of carbonyl (C=O) groups is 1. The number of carboxylic acids is 1. The topological polar surface area (TPSA) is 72.7 Å². The minimum absolute atomic E-state index is 0.333. The van der Waals surface area contributed by atoms with Crippen molar-refractivity contribution < 1.29 is 19.5 Å². The van der Waals surface area contributed by atoms with Crippen molar-refractivity contribution in [3.63, 3.8) is 0 Å². The highest BCUT2D eigenvalue weighted by molar-refractivity contribution is 5.85. The van der Waals surface area contributed by atoms with Crippen molar-refractivity contribution >= 4 is 16.9 Å². The van der Waals surface area contributed by atoms with Crippen LogP contribution in [0.25, 0.3) is 10.9 Å². The van der Waals surface area contributed by atoms with Gasteiger partial charge in [-0.3, -0.25) is 4.79 Å². The van der Waals surface area contributed by atoms with Crippen LogP contribution in [0, 0.1) is 0 Å².